The lowest BCUT2D eigenvalue weighted by atomic mass is 9.95. The van der Waals surface area contributed by atoms with E-state index in [9.17, 15) is 9.59 Å². The fraction of sp³-hybridized carbons (Fsp3) is 0.0833. The molecule has 0 aliphatic heterocycles. The molecule has 0 N–H and O–H groups in total. The van der Waals surface area contributed by atoms with Gasteiger partial charge in [-0.15, -0.1) is 0 Å². The van der Waals surface area contributed by atoms with Gasteiger partial charge in [0, 0.05) is 34.1 Å². The molecule has 0 bridgehead atoms. The summed E-state index contributed by atoms with van der Waals surface area (Å²) in [4.78, 5) is 28.5. The summed E-state index contributed by atoms with van der Waals surface area (Å²) in [5, 5.41) is 0. The molecular formula is C72H60N2O6. The Hall–Kier alpha value is -10.2. The molecule has 0 aliphatic rings. The van der Waals surface area contributed by atoms with Crippen LogP contribution in [0.4, 0.5) is 43.7 Å². The third-order valence-corrected chi connectivity index (χ3v) is 13.5. The van der Waals surface area contributed by atoms with E-state index in [1.165, 1.54) is 0 Å². The lowest BCUT2D eigenvalue weighted by Gasteiger charge is -2.26. The summed E-state index contributed by atoms with van der Waals surface area (Å²) in [6.45, 7) is 4.21. The highest BCUT2D eigenvalue weighted by molar-refractivity contribution is 5.93. The topological polar surface area (TPSA) is 77.5 Å². The van der Waals surface area contributed by atoms with E-state index in [1.807, 2.05) is 72.8 Å². The molecule has 0 spiro atoms. The van der Waals surface area contributed by atoms with Crippen molar-refractivity contribution < 1.29 is 28.5 Å². The predicted octanol–water partition coefficient (Wildman–Crippen LogP) is 18.8. The number of benzene rings is 10. The van der Waals surface area contributed by atoms with Crippen LogP contribution in [0.2, 0.25) is 0 Å². The molecule has 0 saturated carbocycles. The third-order valence-electron chi connectivity index (χ3n) is 13.5. The second-order valence-corrected chi connectivity index (χ2v) is 18.8. The minimum atomic E-state index is -0.691. The summed E-state index contributed by atoms with van der Waals surface area (Å²) in [5.41, 5.74) is 18.6. The van der Waals surface area contributed by atoms with Crippen molar-refractivity contribution in [1.29, 1.82) is 0 Å². The molecule has 0 aliphatic carbocycles. The van der Waals surface area contributed by atoms with E-state index in [4.69, 9.17) is 18.9 Å². The highest BCUT2D eigenvalue weighted by Crippen LogP contribution is 2.40. The average Bonchev–Trinajstić information content (AvgIpc) is 3.52. The number of rotatable bonds is 19. The van der Waals surface area contributed by atoms with Gasteiger partial charge in [-0.1, -0.05) is 194 Å². The Morgan fingerprint density at radius 3 is 0.825 bits per heavy atom. The monoisotopic (exact) mass is 1050 g/mol. The molecule has 0 radical (unpaired) electrons. The molecule has 10 rings (SSSR count). The maximum absolute atomic E-state index is 12.0. The van der Waals surface area contributed by atoms with Crippen LogP contribution in [0, 0.1) is 0 Å². The molecule has 8 nitrogen and oxygen atoms in total. The van der Waals surface area contributed by atoms with Gasteiger partial charge >= 0.3 is 12.3 Å². The maximum Gasteiger partial charge on any atom is 0.508 e. The number of hydrogen-bond acceptors (Lipinski definition) is 8. The van der Waals surface area contributed by atoms with Gasteiger partial charge in [0.1, 0.15) is 13.2 Å². The van der Waals surface area contributed by atoms with Crippen molar-refractivity contribution in [3.8, 4) is 11.1 Å². The first kappa shape index (κ1) is 53.2. The van der Waals surface area contributed by atoms with E-state index in [0.717, 1.165) is 101 Å². The van der Waals surface area contributed by atoms with Crippen molar-refractivity contribution in [1.82, 2.24) is 0 Å². The van der Waals surface area contributed by atoms with Gasteiger partial charge in [0.15, 0.2) is 0 Å². The van der Waals surface area contributed by atoms with Crippen LogP contribution in [0.15, 0.2) is 267 Å². The first-order chi connectivity index (χ1) is 39.4. The van der Waals surface area contributed by atoms with E-state index >= 15 is 0 Å². The lowest BCUT2D eigenvalue weighted by molar-refractivity contribution is 0.0527. The number of carbonyl (C=O) groups is 2. The van der Waals surface area contributed by atoms with Gasteiger partial charge in [0.25, 0.3) is 0 Å². The largest absolute Gasteiger partial charge is 0.508 e. The average molecular weight is 1050 g/mol. The predicted molar refractivity (Wildman–Crippen MR) is 325 cm³/mol. The summed E-state index contributed by atoms with van der Waals surface area (Å²) in [5.74, 6) is 0. The van der Waals surface area contributed by atoms with Gasteiger partial charge < -0.3 is 28.7 Å². The van der Waals surface area contributed by atoms with Gasteiger partial charge in [-0.3, -0.25) is 0 Å². The number of anilines is 6. The number of carbonyl (C=O) groups excluding carboxylic acids is 2. The Morgan fingerprint density at radius 2 is 0.562 bits per heavy atom. The standard InChI is InChI=1S/C72H60N2O6/c1-3-77-71(75)79-51-55-29-41-65(42-30-55)73(63-37-25-53(26-38-63)49-69(59-17-9-5-10-18-59)60-19-11-6-12-20-60)67-45-33-57(34-46-67)58-35-47-68(48-36-58)74(66-43-31-56(32-44-66)52-80-72(76)78-4-2)64-39-27-54(28-40-64)50-70(61-21-13-7-14-22-61)62-23-15-8-16-24-62/h5-50H,3-4,51-52H2,1-2H3. The molecular weight excluding hydrogens is 989 g/mol. The lowest BCUT2D eigenvalue weighted by Crippen LogP contribution is -2.11. The Bertz CT molecular complexity index is 3310. The van der Waals surface area contributed by atoms with Crippen LogP contribution in [-0.4, -0.2) is 25.5 Å². The van der Waals surface area contributed by atoms with Gasteiger partial charge in [0.2, 0.25) is 0 Å². The highest BCUT2D eigenvalue weighted by Gasteiger charge is 2.17. The molecule has 0 aromatic heterocycles. The molecule has 0 atom stereocenters. The Balaban J connectivity index is 0.949. The zero-order chi connectivity index (χ0) is 54.9. The molecule has 80 heavy (non-hydrogen) atoms. The van der Waals surface area contributed by atoms with Crippen molar-refractivity contribution in [3.63, 3.8) is 0 Å². The Labute approximate surface area is 468 Å². The van der Waals surface area contributed by atoms with E-state index < -0.39 is 12.3 Å². The van der Waals surface area contributed by atoms with Crippen LogP contribution in [-0.2, 0) is 32.2 Å². The molecule has 0 fully saturated rings. The number of hydrogen-bond donors (Lipinski definition) is 0. The van der Waals surface area contributed by atoms with E-state index in [0.29, 0.717) is 0 Å². The second kappa shape index (κ2) is 26.2. The van der Waals surface area contributed by atoms with Crippen molar-refractivity contribution in [2.24, 2.45) is 0 Å². The van der Waals surface area contributed by atoms with E-state index in [2.05, 4.69) is 216 Å². The summed E-state index contributed by atoms with van der Waals surface area (Å²) >= 11 is 0. The fourth-order valence-corrected chi connectivity index (χ4v) is 9.50. The van der Waals surface area contributed by atoms with Crippen LogP contribution in [0.3, 0.4) is 0 Å². The molecule has 0 saturated heterocycles. The first-order valence-electron chi connectivity index (χ1n) is 26.8. The molecule has 0 heterocycles. The number of ether oxygens (including phenoxy) is 4. The van der Waals surface area contributed by atoms with E-state index in [-0.39, 0.29) is 26.4 Å². The van der Waals surface area contributed by atoms with Gasteiger partial charge in [-0.05, 0) is 166 Å². The third kappa shape index (κ3) is 13.5. The smallest absolute Gasteiger partial charge is 0.435 e. The Morgan fingerprint density at radius 1 is 0.312 bits per heavy atom. The number of nitrogens with zero attached hydrogens (tertiary/aromatic N) is 2. The summed E-state index contributed by atoms with van der Waals surface area (Å²) in [7, 11) is 0. The van der Waals surface area contributed by atoms with Crippen LogP contribution < -0.4 is 9.80 Å². The minimum absolute atomic E-state index is 0.103. The summed E-state index contributed by atoms with van der Waals surface area (Å²) in [6, 6.07) is 92.4. The SMILES string of the molecule is CCOC(=O)OCc1ccc(N(c2ccc(C=C(c3ccccc3)c3ccccc3)cc2)c2ccc(-c3ccc(N(c4ccc(C=C(c5ccccc5)c5ccccc5)cc4)c4ccc(COC(=O)OCC)cc4)cc3)cc2)cc1. The molecule has 0 amide bonds. The first-order valence-corrected chi connectivity index (χ1v) is 26.8. The van der Waals surface area contributed by atoms with Crippen molar-refractivity contribution >= 4 is 69.7 Å². The quantitative estimate of drug-likeness (QED) is 0.0586. The van der Waals surface area contributed by atoms with Crippen LogP contribution in [0.1, 0.15) is 58.4 Å². The van der Waals surface area contributed by atoms with Crippen molar-refractivity contribution in [2.45, 2.75) is 27.1 Å². The van der Waals surface area contributed by atoms with Gasteiger partial charge in [-0.2, -0.15) is 0 Å². The highest BCUT2D eigenvalue weighted by atomic mass is 16.7. The van der Waals surface area contributed by atoms with Crippen molar-refractivity contribution in [2.75, 3.05) is 23.0 Å². The normalized spacial score (nSPS) is 10.7. The van der Waals surface area contributed by atoms with Crippen LogP contribution >= 0.6 is 0 Å². The van der Waals surface area contributed by atoms with Gasteiger partial charge in [0.05, 0.1) is 13.2 Å². The molecule has 0 unspecified atom stereocenters. The minimum Gasteiger partial charge on any atom is -0.435 e. The van der Waals surface area contributed by atoms with Gasteiger partial charge in [-0.25, -0.2) is 9.59 Å². The molecule has 8 heteroatoms. The second-order valence-electron chi connectivity index (χ2n) is 18.8. The van der Waals surface area contributed by atoms with Crippen LogP contribution in [0.5, 0.6) is 0 Å². The maximum atomic E-state index is 12.0. The molecule has 10 aromatic carbocycles. The van der Waals surface area contributed by atoms with E-state index in [1.54, 1.807) is 13.8 Å². The van der Waals surface area contributed by atoms with Crippen LogP contribution in [0.25, 0.3) is 34.4 Å². The Kier molecular flexibility index (Phi) is 17.5. The summed E-state index contributed by atoms with van der Waals surface area (Å²) in [6.07, 6.45) is 3.09. The molecule has 10 aromatic rings. The zero-order valence-electron chi connectivity index (χ0n) is 44.7. The van der Waals surface area contributed by atoms with Crippen molar-refractivity contribution in [3.05, 3.63) is 311 Å². The fourth-order valence-electron chi connectivity index (χ4n) is 9.50. The summed E-state index contributed by atoms with van der Waals surface area (Å²) < 4.78 is 20.6. The molecule has 394 valence electrons. The zero-order valence-corrected chi connectivity index (χ0v) is 44.7.